The molecule has 1 N–H and O–H groups in total. The van der Waals surface area contributed by atoms with Crippen LogP contribution in [0.2, 0.25) is 0 Å². The van der Waals surface area contributed by atoms with E-state index in [1.165, 1.54) is 0 Å². The molecule has 1 aromatic rings. The first-order valence-corrected chi connectivity index (χ1v) is 6.53. The van der Waals surface area contributed by atoms with Gasteiger partial charge < -0.3 is 9.29 Å². The van der Waals surface area contributed by atoms with E-state index < -0.39 is 16.1 Å². The number of aromatic nitrogens is 1. The second-order valence-electron chi connectivity index (χ2n) is 4.50. The van der Waals surface area contributed by atoms with E-state index in [0.29, 0.717) is 5.88 Å². The molecule has 0 aliphatic carbocycles. The van der Waals surface area contributed by atoms with Gasteiger partial charge in [0.25, 0.3) is 0 Å². The maximum absolute atomic E-state index is 11.9. The molecule has 0 aliphatic heterocycles. The Hall–Kier alpha value is -0.780. The van der Waals surface area contributed by atoms with Crippen LogP contribution >= 0.6 is 0 Å². The summed E-state index contributed by atoms with van der Waals surface area (Å²) in [7, 11) is 1.57. The minimum Gasteiger partial charge on any atom is -0.598 e. The van der Waals surface area contributed by atoms with Crippen molar-refractivity contribution in [3.63, 3.8) is 0 Å². The Morgan fingerprint density at radius 2 is 2.18 bits per heavy atom. The molecular weight excluding hydrogens is 236 g/mol. The molecule has 1 aromatic heterocycles. The highest BCUT2D eigenvalue weighted by atomic mass is 32.2. The molecule has 17 heavy (non-hydrogen) atoms. The largest absolute Gasteiger partial charge is 0.598 e. The number of nitrogens with one attached hydrogen (secondary N) is 1. The van der Waals surface area contributed by atoms with E-state index in [4.69, 9.17) is 4.74 Å². The Balaban J connectivity index is 2.66. The van der Waals surface area contributed by atoms with Crippen LogP contribution < -0.4 is 9.46 Å². The zero-order valence-electron chi connectivity index (χ0n) is 10.7. The lowest BCUT2D eigenvalue weighted by Crippen LogP contribution is -2.40. The third-order valence-electron chi connectivity index (χ3n) is 2.25. The van der Waals surface area contributed by atoms with Crippen molar-refractivity contribution in [3.05, 3.63) is 30.8 Å². The Labute approximate surface area is 106 Å². The van der Waals surface area contributed by atoms with Gasteiger partial charge in [-0.1, -0.05) is 6.07 Å². The van der Waals surface area contributed by atoms with Crippen LogP contribution in [0.3, 0.4) is 0 Å². The van der Waals surface area contributed by atoms with Crippen LogP contribution in [-0.2, 0) is 11.4 Å². The number of hydrogen-bond donors (Lipinski definition) is 1. The highest BCUT2D eigenvalue weighted by molar-refractivity contribution is 7.90. The van der Waals surface area contributed by atoms with Crippen molar-refractivity contribution in [2.24, 2.45) is 0 Å². The monoisotopic (exact) mass is 255 g/mol. The molecular formula is C12H19N2O2S. The van der Waals surface area contributed by atoms with E-state index in [-0.39, 0.29) is 6.04 Å². The van der Waals surface area contributed by atoms with Crippen molar-refractivity contribution in [1.29, 1.82) is 0 Å². The summed E-state index contributed by atoms with van der Waals surface area (Å²) in [6, 6.07) is 3.64. The van der Waals surface area contributed by atoms with Crippen LogP contribution in [0, 0.1) is 6.92 Å². The quantitative estimate of drug-likeness (QED) is 0.818. The highest BCUT2D eigenvalue weighted by Gasteiger charge is 2.28. The lowest BCUT2D eigenvalue weighted by molar-refractivity contribution is 0.397. The van der Waals surface area contributed by atoms with Crippen LogP contribution in [0.1, 0.15) is 32.4 Å². The van der Waals surface area contributed by atoms with Gasteiger partial charge in [0, 0.05) is 30.5 Å². The maximum Gasteiger partial charge on any atom is 0.212 e. The highest BCUT2D eigenvalue weighted by Crippen LogP contribution is 2.19. The molecule has 2 atom stereocenters. The number of rotatable bonds is 5. The second kappa shape index (κ2) is 5.71. The molecule has 0 saturated carbocycles. The number of pyridine rings is 1. The van der Waals surface area contributed by atoms with Gasteiger partial charge >= 0.3 is 0 Å². The number of nitrogens with zero attached hydrogens (tertiary/aromatic N) is 1. The molecule has 0 saturated heterocycles. The molecule has 1 heterocycles. The SMILES string of the molecule is [CH2]C(C)(C)[S+]([O-])N[C@@H](C)c1ccc(OC)nc1. The molecule has 0 spiro atoms. The van der Waals surface area contributed by atoms with Crippen molar-refractivity contribution in [3.8, 4) is 5.88 Å². The average molecular weight is 255 g/mol. The van der Waals surface area contributed by atoms with Crippen LogP contribution in [0.4, 0.5) is 0 Å². The minimum absolute atomic E-state index is 0.0461. The zero-order chi connectivity index (χ0) is 13.1. The molecule has 0 aromatic carbocycles. The van der Waals surface area contributed by atoms with E-state index in [0.717, 1.165) is 5.56 Å². The molecule has 0 amide bonds. The fourth-order valence-corrected chi connectivity index (χ4v) is 1.93. The molecule has 95 valence electrons. The summed E-state index contributed by atoms with van der Waals surface area (Å²) in [5, 5.41) is 0. The summed E-state index contributed by atoms with van der Waals surface area (Å²) in [5.74, 6) is 0.569. The van der Waals surface area contributed by atoms with Crippen LogP contribution in [0.25, 0.3) is 0 Å². The van der Waals surface area contributed by atoms with E-state index in [1.807, 2.05) is 26.8 Å². The standard InChI is InChI=1S/C12H19N2O2S/c1-9(14-17(15)12(2,3)4)10-6-7-11(16-5)13-8-10/h6-9,14H,2H2,1,3-5H3/t9-,17?/m0/s1. The molecule has 4 nitrogen and oxygen atoms in total. The predicted octanol–water partition coefficient (Wildman–Crippen LogP) is 2.02. The topological polar surface area (TPSA) is 57.2 Å². The first kappa shape index (κ1) is 14.3. The lowest BCUT2D eigenvalue weighted by Gasteiger charge is -2.26. The van der Waals surface area contributed by atoms with Crippen molar-refractivity contribution in [1.82, 2.24) is 9.71 Å². The van der Waals surface area contributed by atoms with Gasteiger partial charge in [-0.3, -0.25) is 0 Å². The zero-order valence-corrected chi connectivity index (χ0v) is 11.5. The average Bonchev–Trinajstić information content (AvgIpc) is 2.27. The first-order chi connectivity index (χ1) is 7.84. The molecule has 1 rings (SSSR count). The minimum atomic E-state index is -1.20. The number of hydrogen-bond acceptors (Lipinski definition) is 4. The van der Waals surface area contributed by atoms with Crippen molar-refractivity contribution >= 4 is 11.4 Å². The summed E-state index contributed by atoms with van der Waals surface area (Å²) < 4.78 is 19.3. The van der Waals surface area contributed by atoms with E-state index in [1.54, 1.807) is 19.4 Å². The predicted molar refractivity (Wildman–Crippen MR) is 69.9 cm³/mol. The smallest absolute Gasteiger partial charge is 0.212 e. The summed E-state index contributed by atoms with van der Waals surface area (Å²) in [4.78, 5) is 4.11. The van der Waals surface area contributed by atoms with Gasteiger partial charge in [0.2, 0.25) is 5.88 Å². The Bertz CT molecular complexity index is 349. The first-order valence-electron chi connectivity index (χ1n) is 5.38. The van der Waals surface area contributed by atoms with Gasteiger partial charge in [-0.2, -0.15) is 0 Å². The van der Waals surface area contributed by atoms with E-state index in [2.05, 4.69) is 16.6 Å². The van der Waals surface area contributed by atoms with Gasteiger partial charge in [0.05, 0.1) is 13.2 Å². The van der Waals surface area contributed by atoms with Gasteiger partial charge in [0.15, 0.2) is 0 Å². The fourth-order valence-electron chi connectivity index (χ4n) is 1.16. The van der Waals surface area contributed by atoms with Gasteiger partial charge in [-0.05, 0) is 26.3 Å². The van der Waals surface area contributed by atoms with Crippen LogP contribution in [0.15, 0.2) is 18.3 Å². The molecule has 0 fully saturated rings. The molecule has 1 radical (unpaired) electrons. The van der Waals surface area contributed by atoms with E-state index in [9.17, 15) is 4.55 Å². The number of ether oxygens (including phenoxy) is 1. The normalized spacial score (nSPS) is 15.4. The third kappa shape index (κ3) is 4.18. The van der Waals surface area contributed by atoms with Crippen LogP contribution in [-0.4, -0.2) is 21.4 Å². The fraction of sp³-hybridized carbons (Fsp3) is 0.500. The Morgan fingerprint density at radius 3 is 2.59 bits per heavy atom. The molecule has 1 unspecified atom stereocenters. The Kier molecular flexibility index (Phi) is 4.80. The molecule has 0 bridgehead atoms. The lowest BCUT2D eigenvalue weighted by atomic mass is 10.2. The Morgan fingerprint density at radius 1 is 1.53 bits per heavy atom. The van der Waals surface area contributed by atoms with Crippen molar-refractivity contribution < 1.29 is 9.29 Å². The van der Waals surface area contributed by atoms with Gasteiger partial charge in [0.1, 0.15) is 4.75 Å². The van der Waals surface area contributed by atoms with E-state index >= 15 is 0 Å². The summed E-state index contributed by atoms with van der Waals surface area (Å²) in [6.07, 6.45) is 1.71. The third-order valence-corrected chi connectivity index (χ3v) is 3.83. The summed E-state index contributed by atoms with van der Waals surface area (Å²) in [5.41, 5.74) is 0.961. The summed E-state index contributed by atoms with van der Waals surface area (Å²) >= 11 is -1.20. The van der Waals surface area contributed by atoms with Crippen molar-refractivity contribution in [2.75, 3.05) is 7.11 Å². The maximum atomic E-state index is 11.9. The molecule has 5 heteroatoms. The van der Waals surface area contributed by atoms with Crippen molar-refractivity contribution in [2.45, 2.75) is 31.6 Å². The summed E-state index contributed by atoms with van der Waals surface area (Å²) in [6.45, 7) is 9.44. The van der Waals surface area contributed by atoms with Gasteiger partial charge in [-0.15, -0.1) is 4.72 Å². The van der Waals surface area contributed by atoms with Gasteiger partial charge in [-0.25, -0.2) is 4.98 Å². The molecule has 0 aliphatic rings. The van der Waals surface area contributed by atoms with Crippen LogP contribution in [0.5, 0.6) is 5.88 Å². The second-order valence-corrected chi connectivity index (χ2v) is 6.38. The number of methoxy groups -OCH3 is 1.